The van der Waals surface area contributed by atoms with Crippen molar-refractivity contribution in [1.29, 1.82) is 0 Å². The molecule has 0 aromatic heterocycles. The van der Waals surface area contributed by atoms with E-state index in [2.05, 4.69) is 43.7 Å². The Bertz CT molecular complexity index is 458. The van der Waals surface area contributed by atoms with Crippen molar-refractivity contribution in [3.05, 3.63) is 24.3 Å². The molecule has 2 heteroatoms. The maximum absolute atomic E-state index is 6.02. The van der Waals surface area contributed by atoms with Gasteiger partial charge in [0.1, 0.15) is 12.5 Å². The highest BCUT2D eigenvalue weighted by Gasteiger charge is 2.14. The molecule has 1 rings (SSSR count). The van der Waals surface area contributed by atoms with E-state index in [0.29, 0.717) is 0 Å². The van der Waals surface area contributed by atoms with Crippen LogP contribution in [-0.2, 0) is 10.9 Å². The third-order valence-electron chi connectivity index (χ3n) is 5.54. The van der Waals surface area contributed by atoms with Gasteiger partial charge in [0.25, 0.3) is 0 Å². The smallest absolute Gasteiger partial charge is 0.196 e. The largest absolute Gasteiger partial charge is 0.488 e. The highest BCUT2D eigenvalue weighted by atomic mass is 32.2. The van der Waals surface area contributed by atoms with Gasteiger partial charge < -0.3 is 4.74 Å². The molecule has 0 N–H and O–H groups in total. The fraction of sp³-hybridized carbons (Fsp3) is 0.769. The molecule has 0 aliphatic carbocycles. The summed E-state index contributed by atoms with van der Waals surface area (Å²) in [6.45, 7) is 3.16. The lowest BCUT2D eigenvalue weighted by Gasteiger charge is -2.08. The van der Waals surface area contributed by atoms with Crippen LogP contribution >= 0.6 is 0 Å². The van der Waals surface area contributed by atoms with Crippen LogP contribution in [0.15, 0.2) is 29.2 Å². The number of benzene rings is 1. The third kappa shape index (κ3) is 13.5. The Hall–Kier alpha value is -0.630. The van der Waals surface area contributed by atoms with Crippen LogP contribution in [0.5, 0.6) is 5.75 Å². The molecule has 0 radical (unpaired) electrons. The van der Waals surface area contributed by atoms with Crippen molar-refractivity contribution < 1.29 is 4.74 Å². The Morgan fingerprint density at radius 2 is 1.04 bits per heavy atom. The first-order valence-electron chi connectivity index (χ1n) is 12.0. The lowest BCUT2D eigenvalue weighted by atomic mass is 10.0. The standard InChI is InChI=1S/C26H47OS/c1-4-5-6-7-8-9-10-11-12-13-14-15-16-17-18-21-24-27-25-22-19-20-23-26(25)28(2)3/h19-20,22-23H,4-18,21,24H2,1-3H3/q+1. The predicted molar refractivity (Wildman–Crippen MR) is 129 cm³/mol. The van der Waals surface area contributed by atoms with Crippen LogP contribution in [0.4, 0.5) is 0 Å². The minimum absolute atomic E-state index is 0.266. The van der Waals surface area contributed by atoms with Crippen LogP contribution < -0.4 is 4.74 Å². The Labute approximate surface area is 179 Å². The second-order valence-corrected chi connectivity index (χ2v) is 10.5. The summed E-state index contributed by atoms with van der Waals surface area (Å²) in [5, 5.41) is 0. The Morgan fingerprint density at radius 1 is 0.607 bits per heavy atom. The van der Waals surface area contributed by atoms with Gasteiger partial charge in [-0.05, 0) is 18.6 Å². The van der Waals surface area contributed by atoms with Crippen LogP contribution in [0.25, 0.3) is 0 Å². The first-order chi connectivity index (χ1) is 13.8. The zero-order chi connectivity index (χ0) is 20.3. The molecular formula is C26H47OS+. The number of para-hydroxylation sites is 1. The molecule has 1 nitrogen and oxygen atoms in total. The fourth-order valence-corrected chi connectivity index (χ4v) is 4.62. The van der Waals surface area contributed by atoms with E-state index < -0.39 is 0 Å². The van der Waals surface area contributed by atoms with Gasteiger partial charge in [0, 0.05) is 10.9 Å². The van der Waals surface area contributed by atoms with Crippen LogP contribution in [0.2, 0.25) is 0 Å². The van der Waals surface area contributed by atoms with Crippen LogP contribution in [0.3, 0.4) is 0 Å². The van der Waals surface area contributed by atoms with Gasteiger partial charge in [0.15, 0.2) is 10.6 Å². The van der Waals surface area contributed by atoms with Crippen LogP contribution in [-0.4, -0.2) is 19.1 Å². The second-order valence-electron chi connectivity index (χ2n) is 8.41. The van der Waals surface area contributed by atoms with E-state index in [4.69, 9.17) is 4.74 Å². The minimum atomic E-state index is 0.266. The van der Waals surface area contributed by atoms with Crippen molar-refractivity contribution in [1.82, 2.24) is 0 Å². The Kier molecular flexibility index (Phi) is 16.7. The SMILES string of the molecule is CCCCCCCCCCCCCCCCCCOc1ccccc1[S+](C)C. The maximum atomic E-state index is 6.02. The molecule has 0 bridgehead atoms. The van der Waals surface area contributed by atoms with Gasteiger partial charge in [0.05, 0.1) is 6.61 Å². The summed E-state index contributed by atoms with van der Waals surface area (Å²) in [5.74, 6) is 1.09. The molecule has 0 aliphatic heterocycles. The Balaban J connectivity index is 1.83. The van der Waals surface area contributed by atoms with Gasteiger partial charge >= 0.3 is 0 Å². The number of ether oxygens (including phenoxy) is 1. The quantitative estimate of drug-likeness (QED) is 0.165. The van der Waals surface area contributed by atoms with Gasteiger partial charge in [-0.15, -0.1) is 0 Å². The molecule has 0 amide bonds. The first-order valence-corrected chi connectivity index (χ1v) is 14.1. The third-order valence-corrected chi connectivity index (χ3v) is 6.76. The van der Waals surface area contributed by atoms with Gasteiger partial charge in [-0.1, -0.05) is 115 Å². The first kappa shape index (κ1) is 25.4. The fourth-order valence-electron chi connectivity index (χ4n) is 3.74. The predicted octanol–water partition coefficient (Wildman–Crippen LogP) is 8.56. The molecule has 0 saturated carbocycles. The zero-order valence-corrected chi connectivity index (χ0v) is 20.0. The highest BCUT2D eigenvalue weighted by molar-refractivity contribution is 7.95. The molecule has 1 aromatic rings. The summed E-state index contributed by atoms with van der Waals surface area (Å²) in [6, 6.07) is 8.52. The molecule has 0 spiro atoms. The average Bonchev–Trinajstić information content (AvgIpc) is 2.70. The van der Waals surface area contributed by atoms with E-state index in [9.17, 15) is 0 Å². The van der Waals surface area contributed by atoms with Crippen molar-refractivity contribution in [3.63, 3.8) is 0 Å². The van der Waals surface area contributed by atoms with E-state index >= 15 is 0 Å². The van der Waals surface area contributed by atoms with Crippen LogP contribution in [0.1, 0.15) is 110 Å². The molecule has 0 heterocycles. The molecule has 0 atom stereocenters. The molecule has 0 fully saturated rings. The normalized spacial score (nSPS) is 11.3. The molecule has 1 aromatic carbocycles. The van der Waals surface area contributed by atoms with Crippen molar-refractivity contribution in [2.45, 2.75) is 115 Å². The summed E-state index contributed by atoms with van der Waals surface area (Å²) in [4.78, 5) is 1.36. The van der Waals surface area contributed by atoms with E-state index in [1.54, 1.807) is 0 Å². The summed E-state index contributed by atoms with van der Waals surface area (Å²) in [7, 11) is 0.266. The topological polar surface area (TPSA) is 9.23 Å². The minimum Gasteiger partial charge on any atom is -0.488 e. The summed E-state index contributed by atoms with van der Waals surface area (Å²) >= 11 is 0. The Morgan fingerprint density at radius 3 is 1.50 bits per heavy atom. The molecule has 0 aliphatic rings. The van der Waals surface area contributed by atoms with Crippen LogP contribution in [0, 0.1) is 0 Å². The van der Waals surface area contributed by atoms with E-state index in [-0.39, 0.29) is 10.9 Å². The molecular weight excluding hydrogens is 360 g/mol. The van der Waals surface area contributed by atoms with E-state index in [1.165, 1.54) is 108 Å². The number of hydrogen-bond acceptors (Lipinski definition) is 1. The van der Waals surface area contributed by atoms with Gasteiger partial charge in [-0.3, -0.25) is 0 Å². The molecule has 162 valence electrons. The van der Waals surface area contributed by atoms with E-state index in [0.717, 1.165) is 12.4 Å². The molecule has 0 saturated heterocycles. The number of rotatable bonds is 19. The highest BCUT2D eigenvalue weighted by Crippen LogP contribution is 2.23. The van der Waals surface area contributed by atoms with Gasteiger partial charge in [-0.2, -0.15) is 0 Å². The van der Waals surface area contributed by atoms with Gasteiger partial charge in [-0.25, -0.2) is 0 Å². The maximum Gasteiger partial charge on any atom is 0.196 e. The van der Waals surface area contributed by atoms with Crippen molar-refractivity contribution in [3.8, 4) is 5.75 Å². The summed E-state index contributed by atoms with van der Waals surface area (Å²) in [6.07, 6.45) is 27.1. The number of hydrogen-bond donors (Lipinski definition) is 0. The van der Waals surface area contributed by atoms with Crippen molar-refractivity contribution in [2.75, 3.05) is 19.1 Å². The monoisotopic (exact) mass is 407 g/mol. The molecule has 0 unspecified atom stereocenters. The summed E-state index contributed by atoms with van der Waals surface area (Å²) < 4.78 is 6.02. The zero-order valence-electron chi connectivity index (χ0n) is 19.1. The lowest BCUT2D eigenvalue weighted by Crippen LogP contribution is -2.03. The second kappa shape index (κ2) is 18.4. The van der Waals surface area contributed by atoms with Crippen molar-refractivity contribution in [2.24, 2.45) is 0 Å². The number of unbranched alkanes of at least 4 members (excludes halogenated alkanes) is 15. The van der Waals surface area contributed by atoms with Crippen molar-refractivity contribution >= 4 is 10.9 Å². The molecule has 28 heavy (non-hydrogen) atoms. The lowest BCUT2D eigenvalue weighted by molar-refractivity contribution is 0.297. The average molecular weight is 408 g/mol. The van der Waals surface area contributed by atoms with E-state index in [1.807, 2.05) is 0 Å². The summed E-state index contributed by atoms with van der Waals surface area (Å²) in [5.41, 5.74) is 0. The van der Waals surface area contributed by atoms with Gasteiger partial charge in [0.2, 0.25) is 0 Å².